The molecule has 7 nitrogen and oxygen atoms in total. The lowest BCUT2D eigenvalue weighted by atomic mass is 9.90. The Bertz CT molecular complexity index is 1250. The van der Waals surface area contributed by atoms with E-state index in [1.807, 2.05) is 48.5 Å². The Morgan fingerprint density at radius 1 is 1.05 bits per heavy atom. The number of nitrogen functional groups attached to an aromatic ring is 1. The molecule has 0 aliphatic carbocycles. The minimum atomic E-state index is -0.0340. The molecule has 0 aliphatic heterocycles. The van der Waals surface area contributed by atoms with E-state index in [-0.39, 0.29) is 5.91 Å². The Balaban J connectivity index is 1.78. The number of likely N-dealkylation sites (N-methyl/N-ethyl adjacent to an activating group) is 1. The number of amides is 1. The fourth-order valence-electron chi connectivity index (χ4n) is 3.83. The first-order valence-corrected chi connectivity index (χ1v) is 12.3. The molecule has 1 amide bonds. The zero-order valence-corrected chi connectivity index (χ0v) is 21.7. The minimum absolute atomic E-state index is 0.0340. The average molecular weight is 498 g/mol. The second-order valence-electron chi connectivity index (χ2n) is 8.60. The van der Waals surface area contributed by atoms with Crippen LogP contribution < -0.4 is 15.8 Å². The summed E-state index contributed by atoms with van der Waals surface area (Å²) in [6.07, 6.45) is 5.35. The lowest BCUT2D eigenvalue weighted by molar-refractivity contribution is -0.123. The molecule has 4 N–H and O–H groups in total. The molecule has 0 spiro atoms. The SMILES string of the molecule is CC/C(=C(/c1ccc(OCCNC/C=C/C(=O)N(C)C)cc1)c1ccc(N)c(C=N)n1)c1ccccc1. The molecular formula is C30H35N5O2. The average Bonchev–Trinajstić information content (AvgIpc) is 2.92. The molecular weight excluding hydrogens is 462 g/mol. The molecule has 0 fully saturated rings. The molecule has 3 rings (SSSR count). The highest BCUT2D eigenvalue weighted by atomic mass is 16.5. The number of pyridine rings is 1. The number of hydrogen-bond acceptors (Lipinski definition) is 6. The highest BCUT2D eigenvalue weighted by Gasteiger charge is 2.15. The summed E-state index contributed by atoms with van der Waals surface area (Å²) in [7, 11) is 3.45. The molecule has 0 atom stereocenters. The molecule has 192 valence electrons. The highest BCUT2D eigenvalue weighted by Crippen LogP contribution is 2.34. The normalized spacial score (nSPS) is 11.8. The predicted octanol–water partition coefficient (Wildman–Crippen LogP) is 4.64. The largest absolute Gasteiger partial charge is 0.492 e. The first-order valence-electron chi connectivity index (χ1n) is 12.3. The van der Waals surface area contributed by atoms with Crippen molar-refractivity contribution < 1.29 is 9.53 Å². The van der Waals surface area contributed by atoms with Gasteiger partial charge in [0.1, 0.15) is 18.1 Å². The molecule has 2 aromatic carbocycles. The molecule has 0 radical (unpaired) electrons. The number of nitrogens with two attached hydrogens (primary N) is 1. The molecule has 0 saturated carbocycles. The molecule has 3 aromatic rings. The molecule has 1 aromatic heterocycles. The van der Waals surface area contributed by atoms with Crippen LogP contribution in [0.2, 0.25) is 0 Å². The summed E-state index contributed by atoms with van der Waals surface area (Å²) in [5.74, 6) is 0.736. The lowest BCUT2D eigenvalue weighted by Gasteiger charge is -2.17. The fraction of sp³-hybridized carbons (Fsp3) is 0.233. The van der Waals surface area contributed by atoms with Gasteiger partial charge in [-0.2, -0.15) is 0 Å². The van der Waals surface area contributed by atoms with Gasteiger partial charge in [-0.1, -0.05) is 55.5 Å². The van der Waals surface area contributed by atoms with E-state index in [0.717, 1.165) is 40.1 Å². The number of nitrogens with one attached hydrogen (secondary N) is 2. The Morgan fingerprint density at radius 3 is 2.43 bits per heavy atom. The number of rotatable bonds is 12. The van der Waals surface area contributed by atoms with Crippen LogP contribution in [0.3, 0.4) is 0 Å². The number of aromatic nitrogens is 1. The van der Waals surface area contributed by atoms with Crippen LogP contribution in [0.25, 0.3) is 11.1 Å². The van der Waals surface area contributed by atoms with Crippen LogP contribution in [0.5, 0.6) is 5.75 Å². The zero-order chi connectivity index (χ0) is 26.6. The molecule has 7 heteroatoms. The summed E-state index contributed by atoms with van der Waals surface area (Å²) >= 11 is 0. The molecule has 0 aliphatic rings. The second-order valence-corrected chi connectivity index (χ2v) is 8.60. The van der Waals surface area contributed by atoms with E-state index < -0.39 is 0 Å². The summed E-state index contributed by atoms with van der Waals surface area (Å²) in [4.78, 5) is 17.8. The number of hydrogen-bond donors (Lipinski definition) is 3. The number of nitrogens with zero attached hydrogens (tertiary/aromatic N) is 2. The molecule has 37 heavy (non-hydrogen) atoms. The number of carbonyl (C=O) groups excluding carboxylic acids is 1. The van der Waals surface area contributed by atoms with E-state index in [2.05, 4.69) is 24.4 Å². The van der Waals surface area contributed by atoms with Crippen molar-refractivity contribution >= 4 is 29.0 Å². The number of ether oxygens (including phenoxy) is 1. The summed E-state index contributed by atoms with van der Waals surface area (Å²) in [6.45, 7) is 3.89. The van der Waals surface area contributed by atoms with Gasteiger partial charge in [-0.05, 0) is 47.4 Å². The van der Waals surface area contributed by atoms with Gasteiger partial charge in [0.05, 0.1) is 11.4 Å². The Labute approximate surface area is 219 Å². The van der Waals surface area contributed by atoms with Crippen molar-refractivity contribution in [3.8, 4) is 5.75 Å². The fourth-order valence-corrected chi connectivity index (χ4v) is 3.83. The van der Waals surface area contributed by atoms with Crippen LogP contribution in [0.15, 0.2) is 78.9 Å². The topological polar surface area (TPSA) is 104 Å². The number of allylic oxidation sites excluding steroid dienone is 1. The lowest BCUT2D eigenvalue weighted by Crippen LogP contribution is -2.22. The number of benzene rings is 2. The van der Waals surface area contributed by atoms with Gasteiger partial charge in [-0.15, -0.1) is 0 Å². The maximum Gasteiger partial charge on any atom is 0.245 e. The van der Waals surface area contributed by atoms with E-state index in [4.69, 9.17) is 20.9 Å². The minimum Gasteiger partial charge on any atom is -0.492 e. The van der Waals surface area contributed by atoms with Crippen LogP contribution in [-0.2, 0) is 4.79 Å². The van der Waals surface area contributed by atoms with Gasteiger partial charge in [0.25, 0.3) is 0 Å². The summed E-state index contributed by atoms with van der Waals surface area (Å²) < 4.78 is 5.90. The summed E-state index contributed by atoms with van der Waals surface area (Å²) in [5.41, 5.74) is 12.0. The quantitative estimate of drug-likeness (QED) is 0.146. The van der Waals surface area contributed by atoms with Crippen LogP contribution in [0.4, 0.5) is 5.69 Å². The van der Waals surface area contributed by atoms with E-state index in [0.29, 0.717) is 31.1 Å². The van der Waals surface area contributed by atoms with Gasteiger partial charge in [0, 0.05) is 45.0 Å². The maximum absolute atomic E-state index is 11.5. The number of carbonyl (C=O) groups is 1. The highest BCUT2D eigenvalue weighted by molar-refractivity contribution is 5.98. The summed E-state index contributed by atoms with van der Waals surface area (Å²) in [6, 6.07) is 22.0. The van der Waals surface area contributed by atoms with Gasteiger partial charge in [0.2, 0.25) is 5.91 Å². The maximum atomic E-state index is 11.5. The van der Waals surface area contributed by atoms with E-state index in [9.17, 15) is 4.79 Å². The van der Waals surface area contributed by atoms with Gasteiger partial charge < -0.3 is 26.1 Å². The first-order chi connectivity index (χ1) is 17.9. The van der Waals surface area contributed by atoms with Crippen LogP contribution >= 0.6 is 0 Å². The Hall–Kier alpha value is -4.23. The van der Waals surface area contributed by atoms with Crippen molar-refractivity contribution in [2.75, 3.05) is 39.5 Å². The van der Waals surface area contributed by atoms with E-state index in [1.54, 1.807) is 32.3 Å². The van der Waals surface area contributed by atoms with Gasteiger partial charge >= 0.3 is 0 Å². The predicted molar refractivity (Wildman–Crippen MR) is 152 cm³/mol. The van der Waals surface area contributed by atoms with Gasteiger partial charge in [0.15, 0.2) is 0 Å². The number of anilines is 1. The van der Waals surface area contributed by atoms with Gasteiger partial charge in [-0.25, -0.2) is 4.98 Å². The van der Waals surface area contributed by atoms with Crippen molar-refractivity contribution in [2.24, 2.45) is 0 Å². The van der Waals surface area contributed by atoms with E-state index >= 15 is 0 Å². The summed E-state index contributed by atoms with van der Waals surface area (Å²) in [5, 5.41) is 10.9. The standard InChI is InChI=1S/C30H35N5O2/c1-4-25(22-9-6-5-7-10-22)30(27-17-16-26(32)28(21-31)34-27)23-12-14-24(15-13-23)37-20-19-33-18-8-11-29(36)35(2)3/h5-17,21,31,33H,4,18-20,32H2,1-3H3/b11-8+,30-25+,31-21?. The zero-order valence-electron chi connectivity index (χ0n) is 21.7. The van der Waals surface area contributed by atoms with Crippen molar-refractivity contribution in [1.29, 1.82) is 5.41 Å². The molecule has 0 saturated heterocycles. The third-order valence-electron chi connectivity index (χ3n) is 5.78. The Morgan fingerprint density at radius 2 is 1.78 bits per heavy atom. The van der Waals surface area contributed by atoms with Crippen molar-refractivity contribution in [1.82, 2.24) is 15.2 Å². The molecule has 0 bridgehead atoms. The van der Waals surface area contributed by atoms with Crippen molar-refractivity contribution in [3.63, 3.8) is 0 Å². The Kier molecular flexibility index (Phi) is 10.2. The molecule has 0 unspecified atom stereocenters. The third kappa shape index (κ3) is 7.62. The van der Waals surface area contributed by atoms with Crippen LogP contribution in [-0.4, -0.2) is 55.8 Å². The monoisotopic (exact) mass is 497 g/mol. The van der Waals surface area contributed by atoms with Crippen LogP contribution in [0.1, 0.15) is 35.9 Å². The van der Waals surface area contributed by atoms with Crippen LogP contribution in [0, 0.1) is 5.41 Å². The third-order valence-corrected chi connectivity index (χ3v) is 5.78. The van der Waals surface area contributed by atoms with Crippen molar-refractivity contribution in [2.45, 2.75) is 13.3 Å². The second kappa shape index (κ2) is 13.8. The van der Waals surface area contributed by atoms with Gasteiger partial charge in [-0.3, -0.25) is 4.79 Å². The smallest absolute Gasteiger partial charge is 0.245 e. The van der Waals surface area contributed by atoms with Crippen molar-refractivity contribution in [3.05, 3.63) is 101 Å². The first kappa shape index (κ1) is 27.4. The van der Waals surface area contributed by atoms with E-state index in [1.165, 1.54) is 11.1 Å². The molecule has 1 heterocycles.